The topological polar surface area (TPSA) is 101 Å². The standard InChI is InChI=1S/C26H25F3O8S/c1-33-21-12-7-17(6-5-16-13-22(34-2)25(36-4)23(14-16)35-3)20(24(21)30)15-38(31,32)19-10-8-18(9-11-19)37-26(27,28)29/h5-14,30H,15H2,1-4H3/b6-5-. The first-order valence-corrected chi connectivity index (χ1v) is 12.5. The Bertz CT molecular complexity index is 1390. The van der Waals surface area contributed by atoms with Crippen LogP contribution >= 0.6 is 0 Å². The Labute approximate surface area is 217 Å². The molecule has 0 atom stereocenters. The summed E-state index contributed by atoms with van der Waals surface area (Å²) in [5.74, 6) is -0.351. The van der Waals surface area contributed by atoms with E-state index in [1.807, 2.05) is 0 Å². The van der Waals surface area contributed by atoms with Crippen LogP contribution in [0.4, 0.5) is 13.2 Å². The van der Waals surface area contributed by atoms with E-state index in [9.17, 15) is 26.7 Å². The molecule has 0 amide bonds. The molecule has 12 heteroatoms. The highest BCUT2D eigenvalue weighted by Gasteiger charge is 2.31. The molecule has 0 spiro atoms. The van der Waals surface area contributed by atoms with Crippen LogP contribution in [0.1, 0.15) is 16.7 Å². The molecule has 204 valence electrons. The molecule has 1 N–H and O–H groups in total. The Morgan fingerprint density at radius 2 is 1.39 bits per heavy atom. The Kier molecular flexibility index (Phi) is 8.67. The minimum absolute atomic E-state index is 0.0312. The number of phenolic OH excluding ortho intramolecular Hbond substituents is 1. The maximum atomic E-state index is 13.1. The van der Waals surface area contributed by atoms with Gasteiger partial charge >= 0.3 is 6.36 Å². The molecule has 0 radical (unpaired) electrons. The number of aromatic hydroxyl groups is 1. The normalized spacial score (nSPS) is 11.9. The van der Waals surface area contributed by atoms with Crippen molar-refractivity contribution in [2.45, 2.75) is 17.0 Å². The molecule has 38 heavy (non-hydrogen) atoms. The number of hydrogen-bond donors (Lipinski definition) is 1. The Morgan fingerprint density at radius 3 is 1.89 bits per heavy atom. The number of hydrogen-bond acceptors (Lipinski definition) is 8. The molecule has 0 fully saturated rings. The van der Waals surface area contributed by atoms with E-state index in [0.717, 1.165) is 24.3 Å². The molecule has 0 aliphatic carbocycles. The van der Waals surface area contributed by atoms with Crippen LogP contribution < -0.4 is 23.7 Å². The third-order valence-corrected chi connectivity index (χ3v) is 7.05. The number of phenols is 1. The minimum atomic E-state index is -4.91. The maximum Gasteiger partial charge on any atom is 0.573 e. The fraction of sp³-hybridized carbons (Fsp3) is 0.231. The van der Waals surface area contributed by atoms with Crippen molar-refractivity contribution >= 4 is 22.0 Å². The SMILES string of the molecule is COc1ccc(/C=C\c2cc(OC)c(OC)c(OC)c2)c(CS(=O)(=O)c2ccc(OC(F)(F)F)cc2)c1O. The first-order chi connectivity index (χ1) is 17.9. The number of rotatable bonds is 10. The number of halogens is 3. The lowest BCUT2D eigenvalue weighted by molar-refractivity contribution is -0.274. The van der Waals surface area contributed by atoms with Crippen molar-refractivity contribution in [3.8, 4) is 34.5 Å². The summed E-state index contributed by atoms with van der Waals surface area (Å²) in [7, 11) is 1.63. The lowest BCUT2D eigenvalue weighted by Gasteiger charge is -2.14. The largest absolute Gasteiger partial charge is 0.573 e. The second-order valence-electron chi connectivity index (χ2n) is 7.75. The van der Waals surface area contributed by atoms with Crippen molar-refractivity contribution in [1.82, 2.24) is 0 Å². The van der Waals surface area contributed by atoms with Gasteiger partial charge in [-0.25, -0.2) is 8.42 Å². The summed E-state index contributed by atoms with van der Waals surface area (Å²) in [6.07, 6.45) is -1.66. The third-order valence-electron chi connectivity index (χ3n) is 5.40. The van der Waals surface area contributed by atoms with Crippen LogP contribution in [0.15, 0.2) is 53.4 Å². The molecule has 8 nitrogen and oxygen atoms in total. The summed E-state index contributed by atoms with van der Waals surface area (Å²) >= 11 is 0. The van der Waals surface area contributed by atoms with Crippen molar-refractivity contribution in [2.24, 2.45) is 0 Å². The van der Waals surface area contributed by atoms with E-state index < -0.39 is 27.7 Å². The lowest BCUT2D eigenvalue weighted by atomic mass is 10.0. The number of ether oxygens (including phenoxy) is 5. The van der Waals surface area contributed by atoms with E-state index in [4.69, 9.17) is 18.9 Å². The van der Waals surface area contributed by atoms with Gasteiger partial charge in [0, 0.05) is 5.56 Å². The van der Waals surface area contributed by atoms with Gasteiger partial charge in [0.25, 0.3) is 0 Å². The number of methoxy groups -OCH3 is 4. The number of alkyl halides is 3. The van der Waals surface area contributed by atoms with Crippen molar-refractivity contribution in [3.05, 3.63) is 65.2 Å². The van der Waals surface area contributed by atoms with Gasteiger partial charge < -0.3 is 28.8 Å². The average Bonchev–Trinajstić information content (AvgIpc) is 2.87. The molecule has 0 saturated heterocycles. The first kappa shape index (κ1) is 28.5. The van der Waals surface area contributed by atoms with Crippen LogP contribution in [-0.2, 0) is 15.6 Å². The fourth-order valence-corrected chi connectivity index (χ4v) is 5.01. The highest BCUT2D eigenvalue weighted by atomic mass is 32.2. The third kappa shape index (κ3) is 6.62. The highest BCUT2D eigenvalue weighted by molar-refractivity contribution is 7.90. The summed E-state index contributed by atoms with van der Waals surface area (Å²) in [6, 6.07) is 10.2. The van der Waals surface area contributed by atoms with Crippen molar-refractivity contribution < 1.29 is 50.4 Å². The summed E-state index contributed by atoms with van der Waals surface area (Å²) < 4.78 is 88.5. The molecule has 0 aliphatic heterocycles. The van der Waals surface area contributed by atoms with Gasteiger partial charge in [-0.15, -0.1) is 13.2 Å². The van der Waals surface area contributed by atoms with Gasteiger partial charge in [-0.05, 0) is 53.6 Å². The molecule has 0 aliphatic rings. The van der Waals surface area contributed by atoms with Gasteiger partial charge in [-0.3, -0.25) is 0 Å². The van der Waals surface area contributed by atoms with E-state index in [1.54, 1.807) is 30.4 Å². The summed E-state index contributed by atoms with van der Waals surface area (Å²) in [5.41, 5.74) is 1.02. The van der Waals surface area contributed by atoms with Crippen LogP contribution in [0.3, 0.4) is 0 Å². The van der Waals surface area contributed by atoms with Crippen molar-refractivity contribution in [3.63, 3.8) is 0 Å². The predicted octanol–water partition coefficient (Wildman–Crippen LogP) is 5.47. The summed E-state index contributed by atoms with van der Waals surface area (Å²) in [5, 5.41) is 10.8. The van der Waals surface area contributed by atoms with Gasteiger partial charge in [0.1, 0.15) is 5.75 Å². The molecule has 0 unspecified atom stereocenters. The molecule has 0 saturated carbocycles. The van der Waals surface area contributed by atoms with Gasteiger partial charge in [0.2, 0.25) is 5.75 Å². The number of benzene rings is 3. The highest BCUT2D eigenvalue weighted by Crippen LogP contribution is 2.39. The average molecular weight is 555 g/mol. The van der Waals surface area contributed by atoms with Gasteiger partial charge in [0.05, 0.1) is 39.1 Å². The predicted molar refractivity (Wildman–Crippen MR) is 134 cm³/mol. The quantitative estimate of drug-likeness (QED) is 0.330. The van der Waals surface area contributed by atoms with E-state index >= 15 is 0 Å². The molecule has 3 aromatic carbocycles. The van der Waals surface area contributed by atoms with Crippen LogP contribution in [0.25, 0.3) is 12.2 Å². The zero-order valence-electron chi connectivity index (χ0n) is 20.8. The molecule has 3 aromatic rings. The van der Waals surface area contributed by atoms with Gasteiger partial charge in [0.15, 0.2) is 32.8 Å². The van der Waals surface area contributed by atoms with Crippen molar-refractivity contribution in [2.75, 3.05) is 28.4 Å². The molecule has 0 bridgehead atoms. The van der Waals surface area contributed by atoms with E-state index in [2.05, 4.69) is 4.74 Å². The van der Waals surface area contributed by atoms with Crippen LogP contribution in [-0.4, -0.2) is 48.3 Å². The second-order valence-corrected chi connectivity index (χ2v) is 9.74. The maximum absolute atomic E-state index is 13.1. The summed E-state index contributed by atoms with van der Waals surface area (Å²) in [4.78, 5) is -0.256. The zero-order valence-corrected chi connectivity index (χ0v) is 21.6. The van der Waals surface area contributed by atoms with Gasteiger partial charge in [-0.1, -0.05) is 18.2 Å². The summed E-state index contributed by atoms with van der Waals surface area (Å²) in [6.45, 7) is 0. The van der Waals surface area contributed by atoms with E-state index in [1.165, 1.54) is 34.5 Å². The molecular weight excluding hydrogens is 529 g/mol. The van der Waals surface area contributed by atoms with Crippen LogP contribution in [0.5, 0.6) is 34.5 Å². The van der Waals surface area contributed by atoms with Crippen LogP contribution in [0, 0.1) is 0 Å². The first-order valence-electron chi connectivity index (χ1n) is 10.9. The molecule has 3 rings (SSSR count). The fourth-order valence-electron chi connectivity index (χ4n) is 3.61. The zero-order chi connectivity index (χ0) is 28.1. The van der Waals surface area contributed by atoms with Crippen LogP contribution in [0.2, 0.25) is 0 Å². The van der Waals surface area contributed by atoms with E-state index in [0.29, 0.717) is 28.4 Å². The van der Waals surface area contributed by atoms with Crippen molar-refractivity contribution in [1.29, 1.82) is 0 Å². The van der Waals surface area contributed by atoms with E-state index in [-0.39, 0.29) is 22.0 Å². The smallest absolute Gasteiger partial charge is 0.504 e. The minimum Gasteiger partial charge on any atom is -0.504 e. The Morgan fingerprint density at radius 1 is 0.816 bits per heavy atom. The van der Waals surface area contributed by atoms with Gasteiger partial charge in [-0.2, -0.15) is 0 Å². The Balaban J connectivity index is 2.00. The molecular formula is C26H25F3O8S. The number of sulfone groups is 1. The Hall–Kier alpha value is -4.06. The second kappa shape index (κ2) is 11.5. The lowest BCUT2D eigenvalue weighted by Crippen LogP contribution is -2.17. The molecule has 0 aromatic heterocycles. The monoisotopic (exact) mass is 554 g/mol. The molecule has 0 heterocycles.